The molecule has 0 saturated heterocycles. The molecule has 0 bridgehead atoms. The number of hydrogen-bond acceptors (Lipinski definition) is 5. The number of pyridine rings is 1. The lowest BCUT2D eigenvalue weighted by Crippen LogP contribution is -2.05. The molecule has 1 aromatic carbocycles. The lowest BCUT2D eigenvalue weighted by atomic mass is 10.1. The Morgan fingerprint density at radius 1 is 1.19 bits per heavy atom. The lowest BCUT2D eigenvalue weighted by molar-refractivity contribution is 0.783. The molecule has 3 aromatic heterocycles. The molecule has 0 unspecified atom stereocenters. The maximum atomic E-state index is 5.97. The molecular weight excluding hydrogens is 386 g/mol. The van der Waals surface area contributed by atoms with Gasteiger partial charge in [-0.3, -0.25) is 14.7 Å². The van der Waals surface area contributed by atoms with Gasteiger partial charge in [-0.05, 0) is 57.5 Å². The fraction of sp³-hybridized carbons (Fsp3) is 0.250. The number of H-pyrrole nitrogens is 1. The van der Waals surface area contributed by atoms with Crippen molar-refractivity contribution in [1.82, 2.24) is 24.7 Å². The Hall–Kier alpha value is -3.74. The fourth-order valence-electron chi connectivity index (χ4n) is 3.62. The number of aryl methyl sites for hydroxylation is 4. The minimum absolute atomic E-state index is 0.502. The Bertz CT molecular complexity index is 1300. The first-order valence-electron chi connectivity index (χ1n) is 10.2. The Morgan fingerprint density at radius 2 is 2.00 bits per heavy atom. The summed E-state index contributed by atoms with van der Waals surface area (Å²) >= 11 is 0. The number of hydrogen-bond donors (Lipinski definition) is 2. The number of aromatic nitrogens is 5. The zero-order valence-corrected chi connectivity index (χ0v) is 18.6. The molecule has 0 saturated carbocycles. The predicted molar refractivity (Wildman–Crippen MR) is 125 cm³/mol. The molecule has 4 aromatic rings. The van der Waals surface area contributed by atoms with E-state index in [-0.39, 0.29) is 0 Å². The highest BCUT2D eigenvalue weighted by Gasteiger charge is 2.14. The topological polar surface area (TPSA) is 97.8 Å². The number of imidazole rings is 1. The van der Waals surface area contributed by atoms with Gasteiger partial charge in [-0.2, -0.15) is 5.10 Å². The summed E-state index contributed by atoms with van der Waals surface area (Å²) in [7, 11) is 1.96. The number of rotatable bonds is 5. The van der Waals surface area contributed by atoms with E-state index in [4.69, 9.17) is 15.7 Å². The van der Waals surface area contributed by atoms with E-state index in [1.165, 1.54) is 0 Å². The highest BCUT2D eigenvalue weighted by Crippen LogP contribution is 2.27. The summed E-state index contributed by atoms with van der Waals surface area (Å²) in [6, 6.07) is 10.3. The summed E-state index contributed by atoms with van der Waals surface area (Å²) in [4.78, 5) is 17.4. The molecule has 4 rings (SSSR count). The first-order valence-corrected chi connectivity index (χ1v) is 10.2. The van der Waals surface area contributed by atoms with Crippen molar-refractivity contribution in [3.63, 3.8) is 0 Å². The molecule has 0 aliphatic heterocycles. The average Bonchev–Trinajstić information content (AvgIpc) is 3.25. The standard InChI is InChI=1S/C24H27N7/c1-14(25)10-21(27-13-18-7-6-15(2)26-12-18)24-28-17(4)23(29-24)19-8-9-22-20(11-19)16(3)30-31(22)5/h6-12H,13,25H2,1-5H3,(H,28,29). The van der Waals surface area contributed by atoms with Crippen molar-refractivity contribution in [1.29, 1.82) is 0 Å². The van der Waals surface area contributed by atoms with Crippen LogP contribution in [-0.4, -0.2) is 30.4 Å². The van der Waals surface area contributed by atoms with E-state index in [1.807, 2.05) is 63.8 Å². The van der Waals surface area contributed by atoms with E-state index < -0.39 is 0 Å². The third kappa shape index (κ3) is 4.26. The Morgan fingerprint density at radius 3 is 2.71 bits per heavy atom. The van der Waals surface area contributed by atoms with Gasteiger partial charge in [0.1, 0.15) is 5.71 Å². The van der Waals surface area contributed by atoms with Gasteiger partial charge in [-0.25, -0.2) is 4.98 Å². The van der Waals surface area contributed by atoms with Gasteiger partial charge < -0.3 is 10.7 Å². The first kappa shape index (κ1) is 20.5. The van der Waals surface area contributed by atoms with E-state index >= 15 is 0 Å². The zero-order valence-electron chi connectivity index (χ0n) is 18.6. The monoisotopic (exact) mass is 413 g/mol. The second-order valence-corrected chi connectivity index (χ2v) is 7.90. The van der Waals surface area contributed by atoms with Gasteiger partial charge in [-0.1, -0.05) is 12.1 Å². The quantitative estimate of drug-likeness (QED) is 0.481. The van der Waals surface area contributed by atoms with Crippen LogP contribution in [-0.2, 0) is 13.6 Å². The normalized spacial score (nSPS) is 12.7. The van der Waals surface area contributed by atoms with Crippen LogP contribution in [0, 0.1) is 20.8 Å². The molecule has 0 aliphatic carbocycles. The van der Waals surface area contributed by atoms with E-state index in [9.17, 15) is 0 Å². The summed E-state index contributed by atoms with van der Waals surface area (Å²) < 4.78 is 1.90. The van der Waals surface area contributed by atoms with Crippen molar-refractivity contribution >= 4 is 16.6 Å². The van der Waals surface area contributed by atoms with Crippen LogP contribution >= 0.6 is 0 Å². The van der Waals surface area contributed by atoms with E-state index in [0.717, 1.165) is 44.8 Å². The van der Waals surface area contributed by atoms with Crippen LogP contribution in [0.15, 0.2) is 53.3 Å². The van der Waals surface area contributed by atoms with Crippen molar-refractivity contribution in [2.24, 2.45) is 17.8 Å². The molecular formula is C24H27N7. The second kappa shape index (κ2) is 8.18. The highest BCUT2D eigenvalue weighted by molar-refractivity contribution is 6.07. The van der Waals surface area contributed by atoms with E-state index in [0.29, 0.717) is 23.8 Å². The third-order valence-corrected chi connectivity index (χ3v) is 5.20. The maximum Gasteiger partial charge on any atom is 0.156 e. The number of benzene rings is 1. The molecule has 0 radical (unpaired) electrons. The van der Waals surface area contributed by atoms with Gasteiger partial charge in [0, 0.05) is 41.3 Å². The summed E-state index contributed by atoms with van der Waals surface area (Å²) in [6.45, 7) is 8.36. The predicted octanol–water partition coefficient (Wildman–Crippen LogP) is 4.14. The van der Waals surface area contributed by atoms with Crippen LogP contribution < -0.4 is 5.73 Å². The number of nitrogens with two attached hydrogens (primary N) is 1. The average molecular weight is 414 g/mol. The van der Waals surface area contributed by atoms with E-state index in [1.54, 1.807) is 0 Å². The molecule has 0 aliphatic rings. The van der Waals surface area contributed by atoms with Crippen molar-refractivity contribution < 1.29 is 0 Å². The molecule has 0 amide bonds. The number of aliphatic imine (C=N–C) groups is 1. The van der Waals surface area contributed by atoms with Crippen LogP contribution in [0.25, 0.3) is 22.2 Å². The van der Waals surface area contributed by atoms with Gasteiger partial charge in [0.05, 0.1) is 23.4 Å². The Labute approximate surface area is 181 Å². The van der Waals surface area contributed by atoms with Crippen molar-refractivity contribution in [2.45, 2.75) is 34.2 Å². The molecule has 0 fully saturated rings. The molecule has 3 heterocycles. The number of allylic oxidation sites excluding steroid dienone is 2. The molecule has 158 valence electrons. The second-order valence-electron chi connectivity index (χ2n) is 7.90. The van der Waals surface area contributed by atoms with Gasteiger partial charge in [-0.15, -0.1) is 0 Å². The van der Waals surface area contributed by atoms with Gasteiger partial charge in [0.2, 0.25) is 0 Å². The first-order chi connectivity index (χ1) is 14.8. The smallest absolute Gasteiger partial charge is 0.156 e. The summed E-state index contributed by atoms with van der Waals surface area (Å²) in [6.07, 6.45) is 3.69. The van der Waals surface area contributed by atoms with Crippen LogP contribution in [0.2, 0.25) is 0 Å². The van der Waals surface area contributed by atoms with Gasteiger partial charge in [0.15, 0.2) is 5.82 Å². The fourth-order valence-corrected chi connectivity index (χ4v) is 3.62. The molecule has 7 nitrogen and oxygen atoms in total. The number of nitrogens with zero attached hydrogens (tertiary/aromatic N) is 5. The zero-order chi connectivity index (χ0) is 22.1. The van der Waals surface area contributed by atoms with Crippen LogP contribution in [0.1, 0.15) is 35.4 Å². The lowest BCUT2D eigenvalue weighted by Gasteiger charge is -2.02. The number of fused-ring (bicyclic) bond motifs is 1. The van der Waals surface area contributed by atoms with E-state index in [2.05, 4.69) is 33.3 Å². The minimum atomic E-state index is 0.502. The third-order valence-electron chi connectivity index (χ3n) is 5.20. The SMILES string of the molecule is CC(N)=CC(=NCc1ccc(C)nc1)c1nc(-c2ccc3c(c2)c(C)nn3C)c(C)[nH]1. The highest BCUT2D eigenvalue weighted by atomic mass is 15.3. The Balaban J connectivity index is 1.72. The number of aromatic amines is 1. The largest absolute Gasteiger partial charge is 0.402 e. The molecule has 7 heteroatoms. The van der Waals surface area contributed by atoms with Crippen LogP contribution in [0.5, 0.6) is 0 Å². The summed E-state index contributed by atoms with van der Waals surface area (Å²) in [5, 5.41) is 5.64. The Kier molecular flexibility index (Phi) is 5.42. The van der Waals surface area contributed by atoms with Gasteiger partial charge in [0.25, 0.3) is 0 Å². The van der Waals surface area contributed by atoms with Crippen molar-refractivity contribution in [3.8, 4) is 11.3 Å². The summed E-state index contributed by atoms with van der Waals surface area (Å²) in [5.74, 6) is 0.695. The number of nitrogens with one attached hydrogen (secondary N) is 1. The molecule has 0 spiro atoms. The van der Waals surface area contributed by atoms with Crippen LogP contribution in [0.3, 0.4) is 0 Å². The summed E-state index contributed by atoms with van der Waals surface area (Å²) in [5.41, 5.74) is 14.4. The van der Waals surface area contributed by atoms with Crippen molar-refractivity contribution in [3.05, 3.63) is 76.8 Å². The van der Waals surface area contributed by atoms with Crippen LogP contribution in [0.4, 0.5) is 0 Å². The van der Waals surface area contributed by atoms with Crippen molar-refractivity contribution in [2.75, 3.05) is 0 Å². The minimum Gasteiger partial charge on any atom is -0.402 e. The van der Waals surface area contributed by atoms with Gasteiger partial charge >= 0.3 is 0 Å². The molecule has 3 N–H and O–H groups in total. The molecule has 31 heavy (non-hydrogen) atoms. The maximum absolute atomic E-state index is 5.97. The molecule has 0 atom stereocenters.